The van der Waals surface area contributed by atoms with E-state index in [0.717, 1.165) is 24.9 Å². The van der Waals surface area contributed by atoms with Crippen molar-refractivity contribution >= 4 is 17.8 Å². The number of rotatable bonds is 4. The van der Waals surface area contributed by atoms with Gasteiger partial charge in [-0.3, -0.25) is 4.79 Å². The van der Waals surface area contributed by atoms with Crippen LogP contribution in [0.1, 0.15) is 38.2 Å². The molecule has 1 saturated heterocycles. The molecular formula is C16H24N4O2. The number of nitrogens with one attached hydrogen (secondary N) is 2. The first kappa shape index (κ1) is 16.3. The first-order valence-electron chi connectivity index (χ1n) is 7.83. The number of hydrogen-bond acceptors (Lipinski definition) is 3. The largest absolute Gasteiger partial charge is 0.337 e. The fraction of sp³-hybridized carbons (Fsp3) is 0.562. The highest BCUT2D eigenvalue weighted by Gasteiger charge is 2.22. The summed E-state index contributed by atoms with van der Waals surface area (Å²) in [5.41, 5.74) is 1.04. The standard InChI is InChI=1S/C16H24N4O2/c1-12-6-7-14(18-11-12)19-15(21)8-9-17-16(22)20-10-4-3-5-13(20)2/h6-7,11,13H,3-5,8-10H2,1-2H3,(H,17,22)(H,18,19,21). The van der Waals surface area contributed by atoms with Gasteiger partial charge in [-0.1, -0.05) is 6.07 Å². The highest BCUT2D eigenvalue weighted by Crippen LogP contribution is 2.16. The Labute approximate surface area is 131 Å². The van der Waals surface area contributed by atoms with Gasteiger partial charge in [-0.15, -0.1) is 0 Å². The maximum atomic E-state index is 12.1. The lowest BCUT2D eigenvalue weighted by Crippen LogP contribution is -2.47. The van der Waals surface area contributed by atoms with Gasteiger partial charge < -0.3 is 15.5 Å². The van der Waals surface area contributed by atoms with E-state index in [9.17, 15) is 9.59 Å². The Kier molecular flexibility index (Phi) is 5.75. The van der Waals surface area contributed by atoms with Gasteiger partial charge in [-0.2, -0.15) is 0 Å². The number of carbonyl (C=O) groups excluding carboxylic acids is 2. The van der Waals surface area contributed by atoms with Crippen LogP contribution < -0.4 is 10.6 Å². The summed E-state index contributed by atoms with van der Waals surface area (Å²) >= 11 is 0. The summed E-state index contributed by atoms with van der Waals surface area (Å²) in [6.45, 7) is 5.14. The van der Waals surface area contributed by atoms with Crippen molar-refractivity contribution in [2.75, 3.05) is 18.4 Å². The lowest BCUT2D eigenvalue weighted by Gasteiger charge is -2.33. The Morgan fingerprint density at radius 2 is 2.18 bits per heavy atom. The van der Waals surface area contributed by atoms with Gasteiger partial charge in [0, 0.05) is 31.7 Å². The van der Waals surface area contributed by atoms with Gasteiger partial charge >= 0.3 is 6.03 Å². The smallest absolute Gasteiger partial charge is 0.317 e. The molecule has 2 rings (SSSR count). The monoisotopic (exact) mass is 304 g/mol. The fourth-order valence-electron chi connectivity index (χ4n) is 2.53. The minimum absolute atomic E-state index is 0.0755. The molecular weight excluding hydrogens is 280 g/mol. The van der Waals surface area contributed by atoms with Crippen LogP contribution in [-0.2, 0) is 4.79 Å². The van der Waals surface area contributed by atoms with Crippen LogP contribution in [0.3, 0.4) is 0 Å². The maximum Gasteiger partial charge on any atom is 0.317 e. The Hall–Kier alpha value is -2.11. The summed E-state index contributed by atoms with van der Waals surface area (Å²) in [6, 6.07) is 3.86. The molecule has 1 aliphatic heterocycles. The molecule has 3 amide bonds. The lowest BCUT2D eigenvalue weighted by atomic mass is 10.0. The molecule has 2 heterocycles. The van der Waals surface area contributed by atoms with Gasteiger partial charge in [0.2, 0.25) is 5.91 Å². The molecule has 6 nitrogen and oxygen atoms in total. The van der Waals surface area contributed by atoms with Gasteiger partial charge in [0.15, 0.2) is 0 Å². The highest BCUT2D eigenvalue weighted by atomic mass is 16.2. The summed E-state index contributed by atoms with van der Waals surface area (Å²) < 4.78 is 0. The van der Waals surface area contributed by atoms with E-state index in [2.05, 4.69) is 22.5 Å². The number of aryl methyl sites for hydroxylation is 1. The molecule has 1 aliphatic rings. The minimum atomic E-state index is -0.150. The van der Waals surface area contributed by atoms with E-state index >= 15 is 0 Å². The Bertz CT molecular complexity index is 515. The van der Waals surface area contributed by atoms with E-state index in [0.29, 0.717) is 12.4 Å². The number of nitrogens with zero attached hydrogens (tertiary/aromatic N) is 2. The van der Waals surface area contributed by atoms with Gasteiger partial charge in [-0.05, 0) is 44.7 Å². The zero-order valence-corrected chi connectivity index (χ0v) is 13.3. The number of pyridine rings is 1. The maximum absolute atomic E-state index is 12.1. The molecule has 0 radical (unpaired) electrons. The fourth-order valence-corrected chi connectivity index (χ4v) is 2.53. The summed E-state index contributed by atoms with van der Waals surface area (Å²) in [4.78, 5) is 29.8. The van der Waals surface area contributed by atoms with Crippen molar-refractivity contribution < 1.29 is 9.59 Å². The third-order valence-corrected chi connectivity index (χ3v) is 3.87. The zero-order valence-electron chi connectivity index (χ0n) is 13.3. The molecule has 0 aromatic carbocycles. The SMILES string of the molecule is Cc1ccc(NC(=O)CCNC(=O)N2CCCCC2C)nc1. The molecule has 6 heteroatoms. The minimum Gasteiger partial charge on any atom is -0.337 e. The van der Waals surface area contributed by atoms with Crippen LogP contribution >= 0.6 is 0 Å². The molecule has 0 bridgehead atoms. The highest BCUT2D eigenvalue weighted by molar-refractivity contribution is 5.90. The van der Waals surface area contributed by atoms with Crippen molar-refractivity contribution in [3.8, 4) is 0 Å². The molecule has 1 aromatic rings. The Morgan fingerprint density at radius 1 is 1.36 bits per heavy atom. The van der Waals surface area contributed by atoms with Crippen molar-refractivity contribution in [2.45, 2.75) is 45.6 Å². The van der Waals surface area contributed by atoms with Crippen molar-refractivity contribution in [1.29, 1.82) is 0 Å². The molecule has 120 valence electrons. The van der Waals surface area contributed by atoms with E-state index in [-0.39, 0.29) is 24.4 Å². The third kappa shape index (κ3) is 4.72. The molecule has 2 N–H and O–H groups in total. The number of hydrogen-bond donors (Lipinski definition) is 2. The second kappa shape index (κ2) is 7.77. The van der Waals surface area contributed by atoms with Crippen LogP contribution in [0.25, 0.3) is 0 Å². The molecule has 0 spiro atoms. The third-order valence-electron chi connectivity index (χ3n) is 3.87. The summed E-state index contributed by atoms with van der Waals surface area (Å²) in [5.74, 6) is 0.384. The number of piperidine rings is 1. The quantitative estimate of drug-likeness (QED) is 0.896. The number of aromatic nitrogens is 1. The predicted molar refractivity (Wildman–Crippen MR) is 85.6 cm³/mol. The van der Waals surface area contributed by atoms with E-state index in [1.807, 2.05) is 17.9 Å². The molecule has 1 atom stereocenters. The Balaban J connectivity index is 1.70. The summed E-state index contributed by atoms with van der Waals surface area (Å²) in [7, 11) is 0. The Morgan fingerprint density at radius 3 is 2.86 bits per heavy atom. The topological polar surface area (TPSA) is 74.3 Å². The van der Waals surface area contributed by atoms with Crippen molar-refractivity contribution in [3.63, 3.8) is 0 Å². The average Bonchev–Trinajstić information content (AvgIpc) is 2.50. The van der Waals surface area contributed by atoms with Crippen LogP contribution in [-0.4, -0.2) is 41.0 Å². The van der Waals surface area contributed by atoms with E-state index < -0.39 is 0 Å². The number of urea groups is 1. The normalized spacial score (nSPS) is 17.9. The van der Waals surface area contributed by atoms with Crippen molar-refractivity contribution in [3.05, 3.63) is 23.9 Å². The van der Waals surface area contributed by atoms with Crippen LogP contribution in [0.2, 0.25) is 0 Å². The number of anilines is 1. The molecule has 22 heavy (non-hydrogen) atoms. The van der Waals surface area contributed by atoms with Crippen molar-refractivity contribution in [2.24, 2.45) is 0 Å². The van der Waals surface area contributed by atoms with Gasteiger partial charge in [0.05, 0.1) is 0 Å². The molecule has 0 saturated carbocycles. The average molecular weight is 304 g/mol. The van der Waals surface area contributed by atoms with Crippen LogP contribution in [0.5, 0.6) is 0 Å². The van der Waals surface area contributed by atoms with Crippen LogP contribution in [0, 0.1) is 6.92 Å². The number of likely N-dealkylation sites (tertiary alicyclic amines) is 1. The van der Waals surface area contributed by atoms with Crippen LogP contribution in [0.4, 0.5) is 10.6 Å². The lowest BCUT2D eigenvalue weighted by molar-refractivity contribution is -0.116. The van der Waals surface area contributed by atoms with E-state index in [1.165, 1.54) is 6.42 Å². The number of carbonyl (C=O) groups is 2. The molecule has 0 aliphatic carbocycles. The van der Waals surface area contributed by atoms with Crippen molar-refractivity contribution in [1.82, 2.24) is 15.2 Å². The summed E-state index contributed by atoms with van der Waals surface area (Å²) in [5, 5.41) is 5.53. The predicted octanol–water partition coefficient (Wildman–Crippen LogP) is 2.30. The molecule has 1 fully saturated rings. The van der Waals surface area contributed by atoms with Gasteiger partial charge in [0.25, 0.3) is 0 Å². The second-order valence-electron chi connectivity index (χ2n) is 5.79. The zero-order chi connectivity index (χ0) is 15.9. The first-order valence-corrected chi connectivity index (χ1v) is 7.83. The van der Waals surface area contributed by atoms with E-state index in [4.69, 9.17) is 0 Å². The van der Waals surface area contributed by atoms with Gasteiger partial charge in [0.1, 0.15) is 5.82 Å². The second-order valence-corrected chi connectivity index (χ2v) is 5.79. The molecule has 1 unspecified atom stereocenters. The summed E-state index contributed by atoms with van der Waals surface area (Å²) in [6.07, 6.45) is 5.22. The molecule has 1 aromatic heterocycles. The van der Waals surface area contributed by atoms with Gasteiger partial charge in [-0.25, -0.2) is 9.78 Å². The van der Waals surface area contributed by atoms with Crippen LogP contribution in [0.15, 0.2) is 18.3 Å². The first-order chi connectivity index (χ1) is 10.6. The van der Waals surface area contributed by atoms with E-state index in [1.54, 1.807) is 12.3 Å². The number of amides is 3.